The predicted molar refractivity (Wildman–Crippen MR) is 214 cm³/mol. The van der Waals surface area contributed by atoms with Crippen molar-refractivity contribution in [1.29, 1.82) is 0 Å². The number of carbonyl (C=O) groups excluding carboxylic acids is 2. The van der Waals surface area contributed by atoms with E-state index in [0.29, 0.717) is 36.4 Å². The van der Waals surface area contributed by atoms with Gasteiger partial charge in [-0.15, -0.1) is 0 Å². The number of carboxylic acid groups (broad SMARTS) is 1. The average molecular weight is 767 g/mol. The van der Waals surface area contributed by atoms with Gasteiger partial charge in [0, 0.05) is 35.4 Å². The Kier molecular flexibility index (Phi) is 11.0. The highest BCUT2D eigenvalue weighted by Crippen LogP contribution is 2.77. The number of carboxylic acids is 1. The number of halogens is 1. The Morgan fingerprint density at radius 1 is 0.981 bits per heavy atom. The van der Waals surface area contributed by atoms with E-state index in [-0.39, 0.29) is 51.8 Å². The lowest BCUT2D eigenvalue weighted by Crippen LogP contribution is -2.66. The van der Waals surface area contributed by atoms with E-state index < -0.39 is 28.9 Å². The van der Waals surface area contributed by atoms with Crippen molar-refractivity contribution in [2.75, 3.05) is 13.1 Å². The van der Waals surface area contributed by atoms with Crippen LogP contribution in [0.25, 0.3) is 0 Å². The summed E-state index contributed by atoms with van der Waals surface area (Å²) in [5.41, 5.74) is 1.56. The summed E-state index contributed by atoms with van der Waals surface area (Å²) in [6, 6.07) is 7.96. The summed E-state index contributed by atoms with van der Waals surface area (Å²) in [4.78, 5) is 41.4. The molecule has 2 N–H and O–H groups in total. The third-order valence-corrected chi connectivity index (χ3v) is 16.9. The number of nitrogens with zero attached hydrogens (tertiary/aromatic N) is 1. The van der Waals surface area contributed by atoms with E-state index in [0.717, 1.165) is 69.0 Å². The van der Waals surface area contributed by atoms with E-state index in [1.807, 2.05) is 18.2 Å². The number of ketones is 1. The molecule has 54 heavy (non-hydrogen) atoms. The molecule has 5 aliphatic rings. The Morgan fingerprint density at radius 2 is 1.69 bits per heavy atom. The number of hydrogen-bond acceptors (Lipinski definition) is 6. The predicted octanol–water partition coefficient (Wildman–Crippen LogP) is 9.92. The smallest absolute Gasteiger partial charge is 0.309 e. The molecule has 0 aromatic heterocycles. The lowest BCUT2D eigenvalue weighted by Gasteiger charge is -2.72. The summed E-state index contributed by atoms with van der Waals surface area (Å²) in [5.74, 6) is 0.0361. The van der Waals surface area contributed by atoms with Gasteiger partial charge in [0.05, 0.1) is 17.9 Å². The minimum absolute atomic E-state index is 0.0195. The van der Waals surface area contributed by atoms with Crippen molar-refractivity contribution in [2.24, 2.45) is 56.2 Å². The molecule has 9 atom stereocenters. The molecule has 0 heterocycles. The molecule has 4 saturated carbocycles. The molecule has 300 valence electrons. The van der Waals surface area contributed by atoms with Gasteiger partial charge in [-0.2, -0.15) is 0 Å². The van der Waals surface area contributed by atoms with Crippen LogP contribution < -0.4 is 0 Å². The van der Waals surface area contributed by atoms with Gasteiger partial charge in [-0.1, -0.05) is 84.7 Å². The van der Waals surface area contributed by atoms with Crippen molar-refractivity contribution in [3.8, 4) is 0 Å². The van der Waals surface area contributed by atoms with Crippen molar-refractivity contribution >= 4 is 29.3 Å². The van der Waals surface area contributed by atoms with Gasteiger partial charge >= 0.3 is 11.9 Å². The summed E-state index contributed by atoms with van der Waals surface area (Å²) in [5, 5.41) is 22.8. The minimum atomic E-state index is -1.17. The van der Waals surface area contributed by atoms with Gasteiger partial charge in [0.1, 0.15) is 6.10 Å². The zero-order chi connectivity index (χ0) is 39.8. The monoisotopic (exact) mass is 765 g/mol. The van der Waals surface area contributed by atoms with Gasteiger partial charge in [-0.25, -0.2) is 0 Å². The molecule has 6 rings (SSSR count). The van der Waals surface area contributed by atoms with Gasteiger partial charge in [-0.05, 0) is 135 Å². The van der Waals surface area contributed by atoms with Crippen LogP contribution in [0.3, 0.4) is 0 Å². The van der Waals surface area contributed by atoms with Crippen molar-refractivity contribution in [3.05, 3.63) is 46.0 Å². The normalized spacial score (nSPS) is 36.7. The molecule has 0 radical (unpaired) electrons. The first-order valence-electron chi connectivity index (χ1n) is 20.9. The first kappa shape index (κ1) is 41.4. The Morgan fingerprint density at radius 3 is 2.31 bits per heavy atom. The standard InChI is InChI=1S/C46H68ClNO6/c1-11-48(26-29-13-12-14-30(47)23-29)27-35(50)46-22-21-44(9)31(39(46)38(28(2)3)32(49)24-46)15-16-34-43(8)19-18-36(54-37(51)25-41(4,5)40(52)53)42(6,7)33(43)17-20-45(34,44)10/h12-14,23,28,31,33-36,50H,11,15-22,24-27H2,1-10H3,(H,52,53)/t31-,33+,34-,35+,36+,43+,44-,45-,46+/m1/s1. The first-order valence-corrected chi connectivity index (χ1v) is 21.3. The largest absolute Gasteiger partial charge is 0.481 e. The summed E-state index contributed by atoms with van der Waals surface area (Å²) in [7, 11) is 0. The van der Waals surface area contributed by atoms with Crippen LogP contribution in [0.2, 0.25) is 5.02 Å². The average Bonchev–Trinajstić information content (AvgIpc) is 3.39. The zero-order valence-electron chi connectivity index (χ0n) is 34.8. The van der Waals surface area contributed by atoms with Crippen LogP contribution in [-0.4, -0.2) is 58.1 Å². The molecule has 0 saturated heterocycles. The molecule has 5 aliphatic carbocycles. The van der Waals surface area contributed by atoms with Crippen molar-refractivity contribution in [3.63, 3.8) is 0 Å². The van der Waals surface area contributed by atoms with Crippen molar-refractivity contribution < 1.29 is 29.3 Å². The van der Waals surface area contributed by atoms with Crippen LogP contribution in [0.15, 0.2) is 35.4 Å². The number of allylic oxidation sites excluding steroid dienone is 1. The van der Waals surface area contributed by atoms with Crippen LogP contribution in [0.4, 0.5) is 0 Å². The molecule has 4 fully saturated rings. The fourth-order valence-electron chi connectivity index (χ4n) is 13.5. The fraction of sp³-hybridized carbons (Fsp3) is 0.761. The van der Waals surface area contributed by atoms with Crippen LogP contribution in [-0.2, 0) is 25.7 Å². The summed E-state index contributed by atoms with van der Waals surface area (Å²) in [6.45, 7) is 23.8. The topological polar surface area (TPSA) is 104 Å². The van der Waals surface area contributed by atoms with Gasteiger partial charge < -0.3 is 14.9 Å². The molecule has 8 heteroatoms. The van der Waals surface area contributed by atoms with Gasteiger partial charge in [0.25, 0.3) is 0 Å². The number of benzene rings is 1. The number of likely N-dealkylation sites (N-methyl/N-ethyl adjacent to an activating group) is 1. The Hall–Kier alpha value is -2.22. The van der Waals surface area contributed by atoms with E-state index in [1.54, 1.807) is 13.8 Å². The number of aliphatic carboxylic acids is 1. The molecule has 0 bridgehead atoms. The van der Waals surface area contributed by atoms with E-state index in [1.165, 1.54) is 5.57 Å². The lowest BCUT2D eigenvalue weighted by atomic mass is 9.33. The number of fused-ring (bicyclic) bond motifs is 7. The SMILES string of the molecule is CCN(Cc1cccc(Cl)c1)C[C@H](O)[C@@]12CC[C@]3(C)[C@H](CC[C@@H]4[C@@]5(C)CC[C@H](OC(=O)CC(C)(C)C(=O)O)C(C)(C)[C@@H]5CC[C@]43C)C1=C(C(C)C)C(=O)C2. The summed E-state index contributed by atoms with van der Waals surface area (Å²) < 4.78 is 6.18. The Balaban J connectivity index is 1.28. The molecule has 0 aliphatic heterocycles. The maximum atomic E-state index is 14.2. The zero-order valence-corrected chi connectivity index (χ0v) is 35.6. The van der Waals surface area contributed by atoms with Crippen LogP contribution >= 0.6 is 11.6 Å². The molecule has 7 nitrogen and oxygen atoms in total. The second kappa shape index (κ2) is 14.3. The number of carbonyl (C=O) groups is 3. The number of esters is 1. The van der Waals surface area contributed by atoms with Gasteiger partial charge in [-0.3, -0.25) is 19.3 Å². The molecule has 0 spiro atoms. The molecule has 0 amide bonds. The van der Waals surface area contributed by atoms with Crippen molar-refractivity contribution in [2.45, 2.75) is 152 Å². The first-order chi connectivity index (χ1) is 25.1. The highest BCUT2D eigenvalue weighted by Gasteiger charge is 2.70. The third-order valence-electron chi connectivity index (χ3n) is 16.7. The van der Waals surface area contributed by atoms with Gasteiger partial charge in [0.2, 0.25) is 0 Å². The van der Waals surface area contributed by atoms with Crippen LogP contribution in [0.1, 0.15) is 139 Å². The Labute approximate surface area is 330 Å². The highest BCUT2D eigenvalue weighted by atomic mass is 35.5. The maximum absolute atomic E-state index is 14.2. The van der Waals surface area contributed by atoms with Crippen LogP contribution in [0.5, 0.6) is 0 Å². The van der Waals surface area contributed by atoms with Gasteiger partial charge in [0.15, 0.2) is 5.78 Å². The van der Waals surface area contributed by atoms with Crippen LogP contribution in [0, 0.1) is 56.2 Å². The van der Waals surface area contributed by atoms with Crippen molar-refractivity contribution in [1.82, 2.24) is 4.90 Å². The van der Waals surface area contributed by atoms with E-state index in [2.05, 4.69) is 66.4 Å². The third kappa shape index (κ3) is 6.52. The summed E-state index contributed by atoms with van der Waals surface area (Å²) in [6.07, 6.45) is 7.20. The summed E-state index contributed by atoms with van der Waals surface area (Å²) >= 11 is 6.34. The van der Waals surface area contributed by atoms with E-state index >= 15 is 0 Å². The molecular formula is C46H68ClNO6. The fourth-order valence-corrected chi connectivity index (χ4v) is 13.7. The number of ether oxygens (including phenoxy) is 1. The number of aliphatic hydroxyl groups is 1. The Bertz CT molecular complexity index is 1680. The quantitative estimate of drug-likeness (QED) is 0.216. The van der Waals surface area contributed by atoms with E-state index in [9.17, 15) is 24.6 Å². The molecule has 0 unspecified atom stereocenters. The number of hydrogen-bond donors (Lipinski definition) is 2. The second-order valence-electron chi connectivity index (χ2n) is 20.5. The lowest BCUT2D eigenvalue weighted by molar-refractivity contribution is -0.235. The number of aliphatic hydroxyl groups excluding tert-OH is 1. The number of Topliss-reactive ketones (excluding diaryl/α,β-unsaturated/α-hetero) is 1. The van der Waals surface area contributed by atoms with E-state index in [4.69, 9.17) is 16.3 Å². The molecule has 1 aromatic carbocycles. The molecule has 1 aromatic rings. The highest BCUT2D eigenvalue weighted by molar-refractivity contribution is 6.30. The second-order valence-corrected chi connectivity index (χ2v) is 21.0. The maximum Gasteiger partial charge on any atom is 0.309 e. The molecular weight excluding hydrogens is 698 g/mol. The number of rotatable bonds is 11. The minimum Gasteiger partial charge on any atom is -0.481 e.